The van der Waals surface area contributed by atoms with Gasteiger partial charge < -0.3 is 0 Å². The molecule has 0 N–H and O–H groups in total. The average Bonchev–Trinajstić information content (AvgIpc) is 3.19. The van der Waals surface area contributed by atoms with E-state index in [1.54, 1.807) is 6.07 Å². The Hall–Kier alpha value is -3.82. The van der Waals surface area contributed by atoms with E-state index in [-0.39, 0.29) is 0 Å². The molecule has 162 valence electrons. The fraction of sp³-hybridized carbons (Fsp3) is 0.0323. The quantitative estimate of drug-likeness (QED) is 0.221. The van der Waals surface area contributed by atoms with Crippen molar-refractivity contribution in [1.82, 2.24) is 0 Å². The van der Waals surface area contributed by atoms with Gasteiger partial charge in [0.15, 0.2) is 0 Å². The molecule has 6 rings (SSSR count). The van der Waals surface area contributed by atoms with Crippen molar-refractivity contribution in [3.05, 3.63) is 153 Å². The van der Waals surface area contributed by atoms with Crippen LogP contribution in [0.3, 0.4) is 0 Å². The molecule has 5 aromatic carbocycles. The molecule has 0 atom stereocenters. The van der Waals surface area contributed by atoms with Gasteiger partial charge in [0.25, 0.3) is 0 Å². The van der Waals surface area contributed by atoms with Crippen molar-refractivity contribution in [3.8, 4) is 22.3 Å². The molecule has 5 aromatic rings. The van der Waals surface area contributed by atoms with Gasteiger partial charge in [-0.3, -0.25) is 0 Å². The minimum absolute atomic E-state index is 0.447. The molecule has 0 aliphatic heterocycles. The zero-order valence-corrected chi connectivity index (χ0v) is 19.9. The van der Waals surface area contributed by atoms with Crippen molar-refractivity contribution in [2.75, 3.05) is 0 Å². The van der Waals surface area contributed by atoms with Crippen LogP contribution in [-0.4, -0.2) is 0 Å². The molecule has 0 saturated heterocycles. The summed E-state index contributed by atoms with van der Waals surface area (Å²) in [7, 11) is 0. The third-order valence-electron chi connectivity index (χ3n) is 6.83. The first kappa shape index (κ1) is 20.8. The molecule has 2 nitrogen and oxygen atoms in total. The van der Waals surface area contributed by atoms with E-state index in [9.17, 15) is 4.91 Å². The van der Waals surface area contributed by atoms with Crippen LogP contribution in [0.15, 0.2) is 131 Å². The van der Waals surface area contributed by atoms with Crippen LogP contribution >= 0.6 is 15.9 Å². The van der Waals surface area contributed by atoms with Crippen LogP contribution in [0, 0.1) is 4.91 Å². The highest BCUT2D eigenvalue weighted by atomic mass is 79.9. The van der Waals surface area contributed by atoms with Crippen molar-refractivity contribution in [2.24, 2.45) is 5.18 Å². The number of benzene rings is 5. The first-order valence-corrected chi connectivity index (χ1v) is 12.0. The van der Waals surface area contributed by atoms with Crippen LogP contribution in [-0.2, 0) is 5.41 Å². The third-order valence-corrected chi connectivity index (χ3v) is 7.32. The summed E-state index contributed by atoms with van der Waals surface area (Å²) in [6, 6.07) is 42.0. The summed E-state index contributed by atoms with van der Waals surface area (Å²) in [4.78, 5) is 11.5. The van der Waals surface area contributed by atoms with Gasteiger partial charge >= 0.3 is 0 Å². The first-order chi connectivity index (χ1) is 16.7. The molecule has 0 aromatic heterocycles. The van der Waals surface area contributed by atoms with Gasteiger partial charge in [-0.15, -0.1) is 4.91 Å². The molecule has 1 aliphatic rings. The topological polar surface area (TPSA) is 29.4 Å². The van der Waals surface area contributed by atoms with Crippen molar-refractivity contribution in [1.29, 1.82) is 0 Å². The van der Waals surface area contributed by atoms with E-state index in [0.717, 1.165) is 15.6 Å². The van der Waals surface area contributed by atoms with Crippen LogP contribution in [0.5, 0.6) is 0 Å². The Kier molecular flexibility index (Phi) is 5.00. The largest absolute Gasteiger partial charge is 0.145 e. The predicted molar refractivity (Wildman–Crippen MR) is 142 cm³/mol. The summed E-state index contributed by atoms with van der Waals surface area (Å²) < 4.78 is 1.05. The molecule has 0 spiro atoms. The van der Waals surface area contributed by atoms with Crippen LogP contribution < -0.4 is 0 Å². The van der Waals surface area contributed by atoms with E-state index in [2.05, 4.69) is 118 Å². The van der Waals surface area contributed by atoms with Crippen molar-refractivity contribution in [3.63, 3.8) is 0 Å². The SMILES string of the molecule is O=Nc1ccccc1-c1ccc2c(c1)-c1ccc(Br)cc1C2(c1ccccc1)c1ccccc1. The Bertz CT molecular complexity index is 1490. The van der Waals surface area contributed by atoms with Gasteiger partial charge in [0.05, 0.1) is 5.41 Å². The highest BCUT2D eigenvalue weighted by Crippen LogP contribution is 2.57. The molecule has 34 heavy (non-hydrogen) atoms. The maximum absolute atomic E-state index is 11.5. The molecule has 0 unspecified atom stereocenters. The van der Waals surface area contributed by atoms with Crippen LogP contribution in [0.25, 0.3) is 22.3 Å². The Labute approximate surface area is 207 Å². The van der Waals surface area contributed by atoms with Gasteiger partial charge in [0, 0.05) is 10.0 Å². The lowest BCUT2D eigenvalue weighted by molar-refractivity contribution is 0.768. The molecular formula is C31H20BrNO. The number of hydrogen-bond acceptors (Lipinski definition) is 2. The minimum Gasteiger partial charge on any atom is -0.145 e. The molecule has 0 saturated carbocycles. The summed E-state index contributed by atoms with van der Waals surface area (Å²) in [5.41, 5.74) is 9.13. The Morgan fingerprint density at radius 1 is 0.559 bits per heavy atom. The molecule has 0 radical (unpaired) electrons. The van der Waals surface area contributed by atoms with Crippen LogP contribution in [0.2, 0.25) is 0 Å². The first-order valence-electron chi connectivity index (χ1n) is 11.2. The summed E-state index contributed by atoms with van der Waals surface area (Å²) >= 11 is 3.73. The normalized spacial score (nSPS) is 13.2. The molecule has 0 fully saturated rings. The third kappa shape index (κ3) is 3.01. The van der Waals surface area contributed by atoms with Crippen molar-refractivity contribution in [2.45, 2.75) is 5.41 Å². The van der Waals surface area contributed by atoms with Crippen molar-refractivity contribution < 1.29 is 0 Å². The van der Waals surface area contributed by atoms with Gasteiger partial charge in [0.2, 0.25) is 0 Å². The second-order valence-corrected chi connectivity index (χ2v) is 9.46. The fourth-order valence-electron chi connectivity index (χ4n) is 5.43. The standard InChI is InChI=1S/C31H20BrNO/c32-24-16-17-26-27-19-21(25-13-7-8-14-30(25)33-34)15-18-28(27)31(29(26)20-24,22-9-3-1-4-10-22)23-11-5-2-6-12-23/h1-20H. The smallest absolute Gasteiger partial charge is 0.115 e. The number of hydrogen-bond donors (Lipinski definition) is 0. The van der Waals surface area contributed by atoms with E-state index < -0.39 is 5.41 Å². The Balaban J connectivity index is 1.72. The Morgan fingerprint density at radius 2 is 1.21 bits per heavy atom. The summed E-state index contributed by atoms with van der Waals surface area (Å²) in [5.74, 6) is 0. The lowest BCUT2D eigenvalue weighted by Gasteiger charge is -2.34. The monoisotopic (exact) mass is 501 g/mol. The zero-order chi connectivity index (χ0) is 23.1. The van der Waals surface area contributed by atoms with Gasteiger partial charge in [-0.1, -0.05) is 113 Å². The number of halogens is 1. The lowest BCUT2D eigenvalue weighted by Crippen LogP contribution is -2.28. The van der Waals surface area contributed by atoms with E-state index in [4.69, 9.17) is 0 Å². The molecule has 0 bridgehead atoms. The molecule has 3 heteroatoms. The molecular weight excluding hydrogens is 482 g/mol. The zero-order valence-electron chi connectivity index (χ0n) is 18.3. The highest BCUT2D eigenvalue weighted by molar-refractivity contribution is 9.10. The molecule has 0 heterocycles. The second-order valence-electron chi connectivity index (χ2n) is 8.54. The Morgan fingerprint density at radius 3 is 1.88 bits per heavy atom. The second kappa shape index (κ2) is 8.19. The van der Waals surface area contributed by atoms with Crippen LogP contribution in [0.1, 0.15) is 22.3 Å². The fourth-order valence-corrected chi connectivity index (χ4v) is 5.79. The predicted octanol–water partition coefficient (Wildman–Crippen LogP) is 8.88. The minimum atomic E-state index is -0.447. The van der Waals surface area contributed by atoms with Crippen LogP contribution in [0.4, 0.5) is 5.69 Å². The lowest BCUT2D eigenvalue weighted by atomic mass is 9.67. The maximum atomic E-state index is 11.5. The number of nitrogens with zero attached hydrogens (tertiary/aromatic N) is 1. The van der Waals surface area contributed by atoms with Gasteiger partial charge in [-0.25, -0.2) is 0 Å². The number of nitroso groups, excluding NO2 is 1. The van der Waals surface area contributed by atoms with Gasteiger partial charge in [-0.2, -0.15) is 0 Å². The number of rotatable bonds is 4. The highest BCUT2D eigenvalue weighted by Gasteiger charge is 2.46. The van der Waals surface area contributed by atoms with Gasteiger partial charge in [-0.05, 0) is 68.4 Å². The maximum Gasteiger partial charge on any atom is 0.115 e. The van der Waals surface area contributed by atoms with E-state index in [1.165, 1.54) is 33.4 Å². The van der Waals surface area contributed by atoms with E-state index in [1.807, 2.05) is 18.2 Å². The summed E-state index contributed by atoms with van der Waals surface area (Å²) in [5, 5.41) is 3.26. The van der Waals surface area contributed by atoms with E-state index in [0.29, 0.717) is 5.69 Å². The van der Waals surface area contributed by atoms with E-state index >= 15 is 0 Å². The van der Waals surface area contributed by atoms with Gasteiger partial charge in [0.1, 0.15) is 5.69 Å². The molecule has 0 amide bonds. The number of fused-ring (bicyclic) bond motifs is 3. The molecule has 1 aliphatic carbocycles. The average molecular weight is 502 g/mol. The van der Waals surface area contributed by atoms with Crippen molar-refractivity contribution >= 4 is 21.6 Å². The summed E-state index contributed by atoms with van der Waals surface area (Å²) in [6.07, 6.45) is 0. The summed E-state index contributed by atoms with van der Waals surface area (Å²) in [6.45, 7) is 0.